The summed E-state index contributed by atoms with van der Waals surface area (Å²) in [6.07, 6.45) is 1.85. The Kier molecular flexibility index (Phi) is 5.67. The average molecular weight is 426 g/mol. The molecule has 1 amide bonds. The normalized spacial score (nSPS) is 29.4. The van der Waals surface area contributed by atoms with Crippen molar-refractivity contribution >= 4 is 15.9 Å². The molecule has 0 radical (unpaired) electrons. The Morgan fingerprint density at radius 1 is 1.07 bits per heavy atom. The minimum Gasteiger partial charge on any atom is -0.378 e. The first-order chi connectivity index (χ1) is 13.8. The smallest absolute Gasteiger partial charge is 0.243 e. The summed E-state index contributed by atoms with van der Waals surface area (Å²) in [5, 5.41) is 0. The average Bonchev–Trinajstić information content (AvgIpc) is 2.92. The summed E-state index contributed by atoms with van der Waals surface area (Å²) < 4.78 is 46.3. The quantitative estimate of drug-likeness (QED) is 0.727. The maximum absolute atomic E-state index is 13.6. The van der Waals surface area contributed by atoms with Gasteiger partial charge in [0.25, 0.3) is 0 Å². The molecule has 0 aliphatic carbocycles. The van der Waals surface area contributed by atoms with Gasteiger partial charge < -0.3 is 14.5 Å². The number of hydrogen-bond donors (Lipinski definition) is 0. The fourth-order valence-electron chi connectivity index (χ4n) is 5.04. The lowest BCUT2D eigenvalue weighted by Gasteiger charge is -2.39. The molecule has 9 heteroatoms. The van der Waals surface area contributed by atoms with Gasteiger partial charge in [0.2, 0.25) is 15.9 Å². The zero-order chi connectivity index (χ0) is 20.6. The summed E-state index contributed by atoms with van der Waals surface area (Å²) in [5.74, 6) is -0.331. The van der Waals surface area contributed by atoms with E-state index in [2.05, 4.69) is 4.90 Å². The molecule has 160 valence electrons. The van der Waals surface area contributed by atoms with Crippen molar-refractivity contribution in [2.45, 2.75) is 30.2 Å². The van der Waals surface area contributed by atoms with E-state index in [1.807, 2.05) is 11.9 Å². The lowest BCUT2D eigenvalue weighted by molar-refractivity contribution is -0.148. The van der Waals surface area contributed by atoms with Crippen LogP contribution in [0.5, 0.6) is 0 Å². The van der Waals surface area contributed by atoms with Crippen molar-refractivity contribution in [3.63, 3.8) is 0 Å². The van der Waals surface area contributed by atoms with E-state index in [1.54, 1.807) is 0 Å². The van der Waals surface area contributed by atoms with Gasteiger partial charge in [-0.05, 0) is 57.1 Å². The van der Waals surface area contributed by atoms with Crippen molar-refractivity contribution < 1.29 is 22.3 Å². The Bertz CT molecular complexity index is 857. The first-order valence-corrected chi connectivity index (χ1v) is 11.6. The highest BCUT2D eigenvalue weighted by Gasteiger charge is 2.54. The van der Waals surface area contributed by atoms with E-state index in [1.165, 1.54) is 16.4 Å². The van der Waals surface area contributed by atoms with Gasteiger partial charge in [-0.1, -0.05) is 0 Å². The lowest BCUT2D eigenvalue weighted by Crippen LogP contribution is -2.53. The molecule has 1 aromatic carbocycles. The second-order valence-electron chi connectivity index (χ2n) is 8.20. The minimum atomic E-state index is -3.72. The summed E-state index contributed by atoms with van der Waals surface area (Å²) in [7, 11) is -1.71. The number of likely N-dealkylation sites (tertiary alicyclic amines) is 1. The van der Waals surface area contributed by atoms with Crippen LogP contribution in [0.15, 0.2) is 29.2 Å². The Labute approximate surface area is 171 Å². The number of ether oxygens (including phenoxy) is 1. The molecule has 0 unspecified atom stereocenters. The number of carbonyl (C=O) groups is 1. The van der Waals surface area contributed by atoms with Crippen molar-refractivity contribution in [2.75, 3.05) is 53.0 Å². The van der Waals surface area contributed by atoms with E-state index in [0.717, 1.165) is 25.1 Å². The molecule has 4 rings (SSSR count). The summed E-state index contributed by atoms with van der Waals surface area (Å²) >= 11 is 0. The molecule has 0 bridgehead atoms. The zero-order valence-electron chi connectivity index (χ0n) is 16.7. The molecule has 2 atom stereocenters. The van der Waals surface area contributed by atoms with Gasteiger partial charge in [0.05, 0.1) is 23.5 Å². The van der Waals surface area contributed by atoms with Gasteiger partial charge >= 0.3 is 0 Å². The topological polar surface area (TPSA) is 70.2 Å². The molecule has 0 aromatic heterocycles. The number of morpholine rings is 1. The fraction of sp³-hybridized carbons (Fsp3) is 0.650. The van der Waals surface area contributed by atoms with Crippen LogP contribution in [-0.2, 0) is 19.6 Å². The molecule has 3 aliphatic heterocycles. The highest BCUT2D eigenvalue weighted by molar-refractivity contribution is 7.89. The van der Waals surface area contributed by atoms with Gasteiger partial charge in [0.1, 0.15) is 5.82 Å². The molecule has 1 aromatic rings. The number of halogens is 1. The SMILES string of the molecule is CN1CC[C@]2(C(=O)N3CCOCC3)CCN(S(=O)(=O)c3ccc(F)cc3)CC[C@H]12. The number of nitrogens with zero attached hydrogens (tertiary/aromatic N) is 3. The van der Waals surface area contributed by atoms with Gasteiger partial charge in [-0.25, -0.2) is 12.8 Å². The van der Waals surface area contributed by atoms with Crippen molar-refractivity contribution in [3.05, 3.63) is 30.1 Å². The summed E-state index contributed by atoms with van der Waals surface area (Å²) in [4.78, 5) is 17.7. The van der Waals surface area contributed by atoms with Crippen LogP contribution < -0.4 is 0 Å². The predicted molar refractivity (Wildman–Crippen MR) is 105 cm³/mol. The molecule has 3 saturated heterocycles. The van der Waals surface area contributed by atoms with E-state index in [9.17, 15) is 17.6 Å². The molecular formula is C20H28FN3O4S. The highest BCUT2D eigenvalue weighted by Crippen LogP contribution is 2.45. The summed E-state index contributed by atoms with van der Waals surface area (Å²) in [5.41, 5.74) is -0.556. The molecule has 3 aliphatic rings. The molecule has 3 fully saturated rings. The van der Waals surface area contributed by atoms with Crippen molar-refractivity contribution in [2.24, 2.45) is 5.41 Å². The monoisotopic (exact) mass is 425 g/mol. The van der Waals surface area contributed by atoms with Crippen LogP contribution in [0.2, 0.25) is 0 Å². The fourth-order valence-corrected chi connectivity index (χ4v) is 6.50. The van der Waals surface area contributed by atoms with Crippen LogP contribution in [0, 0.1) is 11.2 Å². The molecule has 0 spiro atoms. The highest BCUT2D eigenvalue weighted by atomic mass is 32.2. The van der Waals surface area contributed by atoms with Crippen molar-refractivity contribution in [1.82, 2.24) is 14.1 Å². The van der Waals surface area contributed by atoms with Gasteiger partial charge in [-0.2, -0.15) is 4.31 Å². The van der Waals surface area contributed by atoms with E-state index < -0.39 is 21.3 Å². The molecular weight excluding hydrogens is 397 g/mol. The van der Waals surface area contributed by atoms with Gasteiger partial charge in [0.15, 0.2) is 0 Å². The van der Waals surface area contributed by atoms with E-state index >= 15 is 0 Å². The number of carbonyl (C=O) groups excluding carboxylic acids is 1. The number of rotatable bonds is 3. The molecule has 7 nitrogen and oxygen atoms in total. The third-order valence-electron chi connectivity index (χ3n) is 6.72. The maximum Gasteiger partial charge on any atom is 0.243 e. The number of hydrogen-bond acceptors (Lipinski definition) is 5. The first kappa shape index (κ1) is 20.7. The number of benzene rings is 1. The first-order valence-electron chi connectivity index (χ1n) is 10.2. The lowest BCUT2D eigenvalue weighted by atomic mass is 9.75. The van der Waals surface area contributed by atoms with Crippen molar-refractivity contribution in [1.29, 1.82) is 0 Å². The number of sulfonamides is 1. The third-order valence-corrected chi connectivity index (χ3v) is 8.63. The summed E-state index contributed by atoms with van der Waals surface area (Å²) in [6, 6.07) is 4.95. The number of fused-ring (bicyclic) bond motifs is 1. The maximum atomic E-state index is 13.6. The van der Waals surface area contributed by atoms with Gasteiger partial charge in [-0.15, -0.1) is 0 Å². The van der Waals surface area contributed by atoms with Crippen LogP contribution in [-0.4, -0.2) is 87.5 Å². The molecule has 0 saturated carbocycles. The minimum absolute atomic E-state index is 0.0197. The predicted octanol–water partition coefficient (Wildman–Crippen LogP) is 1.16. The second-order valence-corrected chi connectivity index (χ2v) is 10.1. The Morgan fingerprint density at radius 3 is 2.41 bits per heavy atom. The van der Waals surface area contributed by atoms with Crippen LogP contribution in [0.4, 0.5) is 4.39 Å². The van der Waals surface area contributed by atoms with Crippen LogP contribution in [0.3, 0.4) is 0 Å². The Hall–Kier alpha value is -1.55. The molecule has 29 heavy (non-hydrogen) atoms. The number of amides is 1. The van der Waals surface area contributed by atoms with Crippen LogP contribution >= 0.6 is 0 Å². The van der Waals surface area contributed by atoms with Crippen LogP contribution in [0.1, 0.15) is 19.3 Å². The third kappa shape index (κ3) is 3.69. The Balaban J connectivity index is 1.59. The van der Waals surface area contributed by atoms with Crippen molar-refractivity contribution in [3.8, 4) is 0 Å². The van der Waals surface area contributed by atoms with Gasteiger partial charge in [-0.3, -0.25) is 4.79 Å². The largest absolute Gasteiger partial charge is 0.378 e. The van der Waals surface area contributed by atoms with E-state index in [0.29, 0.717) is 52.2 Å². The van der Waals surface area contributed by atoms with Gasteiger partial charge in [0, 0.05) is 32.2 Å². The summed E-state index contributed by atoms with van der Waals surface area (Å²) in [6.45, 7) is 3.77. The molecule has 0 N–H and O–H groups in total. The Morgan fingerprint density at radius 2 is 1.72 bits per heavy atom. The van der Waals surface area contributed by atoms with E-state index in [-0.39, 0.29) is 16.8 Å². The standard InChI is InChI=1S/C20H28FN3O4S/c1-22-10-7-20(19(25)23-12-14-28-15-13-23)8-11-24(9-6-18(20)22)29(26,27)17-4-2-16(21)3-5-17/h2-5,18H,6-15H2,1H3/t18-,20-/m0/s1. The zero-order valence-corrected chi connectivity index (χ0v) is 17.5. The van der Waals surface area contributed by atoms with Crippen LogP contribution in [0.25, 0.3) is 0 Å². The second kappa shape index (κ2) is 7.94. The van der Waals surface area contributed by atoms with E-state index in [4.69, 9.17) is 4.74 Å². The molecule has 3 heterocycles.